The number of fused-ring (bicyclic) bond motifs is 1. The number of piperidine rings is 1. The van der Waals surface area contributed by atoms with Crippen LogP contribution in [-0.2, 0) is 14.9 Å². The fourth-order valence-corrected chi connectivity index (χ4v) is 4.18. The Kier molecular flexibility index (Phi) is 5.58. The van der Waals surface area contributed by atoms with Crippen LogP contribution in [0.15, 0.2) is 42.7 Å². The van der Waals surface area contributed by atoms with Gasteiger partial charge in [-0.1, -0.05) is 17.7 Å². The van der Waals surface area contributed by atoms with E-state index in [1.807, 2.05) is 4.40 Å². The average molecular weight is 457 g/mol. The molecule has 0 aromatic carbocycles. The second-order valence-electron chi connectivity index (χ2n) is 9.02. The molecule has 1 amide bonds. The van der Waals surface area contributed by atoms with Crippen molar-refractivity contribution in [1.82, 2.24) is 19.3 Å². The number of halogens is 1. The first-order valence-electron chi connectivity index (χ1n) is 10.4. The third-order valence-corrected chi connectivity index (χ3v) is 5.75. The van der Waals surface area contributed by atoms with Crippen LogP contribution in [0.2, 0.25) is 5.02 Å². The number of likely N-dealkylation sites (tertiary alicyclic amines) is 1. The van der Waals surface area contributed by atoms with Gasteiger partial charge in [0.25, 0.3) is 0 Å². The Hall–Kier alpha value is -3.13. The zero-order valence-electron chi connectivity index (χ0n) is 18.2. The zero-order valence-corrected chi connectivity index (χ0v) is 19.0. The number of pyridine rings is 2. The highest BCUT2D eigenvalue weighted by atomic mass is 35.5. The molecule has 0 radical (unpaired) electrons. The van der Waals surface area contributed by atoms with Crippen LogP contribution >= 0.6 is 11.6 Å². The maximum Gasteiger partial charge on any atom is 0.410 e. The lowest BCUT2D eigenvalue weighted by Crippen LogP contribution is -2.53. The predicted molar refractivity (Wildman–Crippen MR) is 120 cm³/mol. The van der Waals surface area contributed by atoms with Crippen molar-refractivity contribution < 1.29 is 19.4 Å². The zero-order chi connectivity index (χ0) is 23.1. The number of carboxylic acids is 1. The molecule has 1 aliphatic heterocycles. The molecule has 1 unspecified atom stereocenters. The van der Waals surface area contributed by atoms with Crippen LogP contribution in [-0.4, -0.2) is 55.1 Å². The van der Waals surface area contributed by atoms with Crippen LogP contribution < -0.4 is 0 Å². The van der Waals surface area contributed by atoms with Crippen LogP contribution in [0.4, 0.5) is 4.79 Å². The van der Waals surface area contributed by atoms with Gasteiger partial charge in [-0.25, -0.2) is 14.8 Å². The first-order valence-corrected chi connectivity index (χ1v) is 10.8. The first kappa shape index (κ1) is 22.1. The van der Waals surface area contributed by atoms with Crippen LogP contribution in [0.3, 0.4) is 0 Å². The van der Waals surface area contributed by atoms with Gasteiger partial charge in [-0.2, -0.15) is 0 Å². The van der Waals surface area contributed by atoms with Gasteiger partial charge in [0.05, 0.1) is 28.3 Å². The molecule has 1 N–H and O–H groups in total. The maximum atomic E-state index is 12.7. The lowest BCUT2D eigenvalue weighted by Gasteiger charge is -2.39. The summed E-state index contributed by atoms with van der Waals surface area (Å²) in [5, 5.41) is 10.8. The van der Waals surface area contributed by atoms with Gasteiger partial charge in [0, 0.05) is 19.3 Å². The van der Waals surface area contributed by atoms with E-state index < -0.39 is 23.1 Å². The van der Waals surface area contributed by atoms with E-state index in [1.165, 1.54) is 4.90 Å². The van der Waals surface area contributed by atoms with Gasteiger partial charge >= 0.3 is 12.1 Å². The first-order chi connectivity index (χ1) is 15.1. The van der Waals surface area contributed by atoms with Gasteiger partial charge in [0.15, 0.2) is 0 Å². The smallest absolute Gasteiger partial charge is 0.410 e. The number of hydrogen-bond acceptors (Lipinski definition) is 5. The van der Waals surface area contributed by atoms with E-state index in [4.69, 9.17) is 21.3 Å². The Morgan fingerprint density at radius 2 is 2.00 bits per heavy atom. The summed E-state index contributed by atoms with van der Waals surface area (Å²) in [6, 6.07) is 8.83. The molecule has 9 heteroatoms. The maximum absolute atomic E-state index is 12.7. The monoisotopic (exact) mass is 456 g/mol. The number of nitrogens with zero attached hydrogens (tertiary/aromatic N) is 4. The number of imidazole rings is 1. The quantitative estimate of drug-likeness (QED) is 0.627. The molecule has 8 nitrogen and oxygen atoms in total. The van der Waals surface area contributed by atoms with E-state index in [1.54, 1.807) is 63.5 Å². The van der Waals surface area contributed by atoms with Crippen molar-refractivity contribution >= 4 is 29.3 Å². The highest BCUT2D eigenvalue weighted by Gasteiger charge is 2.47. The Balaban J connectivity index is 1.72. The number of ether oxygens (including phenoxy) is 1. The summed E-state index contributed by atoms with van der Waals surface area (Å²) < 4.78 is 7.29. The molecule has 0 aliphatic carbocycles. The summed E-state index contributed by atoms with van der Waals surface area (Å²) in [4.78, 5) is 35.7. The van der Waals surface area contributed by atoms with E-state index >= 15 is 0 Å². The normalized spacial score (nSPS) is 19.2. The highest BCUT2D eigenvalue weighted by molar-refractivity contribution is 6.30. The molecule has 1 fully saturated rings. The number of rotatable bonds is 3. The minimum absolute atomic E-state index is 0.00726. The average Bonchev–Trinajstić information content (AvgIpc) is 3.15. The third kappa shape index (κ3) is 4.14. The van der Waals surface area contributed by atoms with E-state index in [9.17, 15) is 14.7 Å². The number of hydrogen-bond donors (Lipinski definition) is 1. The topological polar surface area (TPSA) is 97.0 Å². The summed E-state index contributed by atoms with van der Waals surface area (Å²) in [6.07, 6.45) is 3.81. The van der Waals surface area contributed by atoms with Gasteiger partial charge in [0.1, 0.15) is 16.7 Å². The van der Waals surface area contributed by atoms with Gasteiger partial charge < -0.3 is 14.7 Å². The van der Waals surface area contributed by atoms with E-state index in [0.717, 1.165) is 0 Å². The van der Waals surface area contributed by atoms with Crippen LogP contribution in [0.5, 0.6) is 0 Å². The van der Waals surface area contributed by atoms with E-state index in [0.29, 0.717) is 47.1 Å². The molecule has 1 atom stereocenters. The molecule has 0 spiro atoms. The van der Waals surface area contributed by atoms with Crippen molar-refractivity contribution in [2.75, 3.05) is 13.1 Å². The lowest BCUT2D eigenvalue weighted by atomic mass is 9.76. The number of amides is 1. The molecule has 0 bridgehead atoms. The molecule has 4 rings (SSSR count). The molecule has 1 aliphatic rings. The Morgan fingerprint density at radius 1 is 1.22 bits per heavy atom. The molecule has 4 heterocycles. The van der Waals surface area contributed by atoms with Crippen molar-refractivity contribution in [3.05, 3.63) is 53.4 Å². The lowest BCUT2D eigenvalue weighted by molar-refractivity contribution is -0.146. The molecule has 3 aromatic rings. The minimum atomic E-state index is -1.33. The molecule has 3 aromatic heterocycles. The van der Waals surface area contributed by atoms with Crippen molar-refractivity contribution in [1.29, 1.82) is 0 Å². The number of carboxylic acid groups (broad SMARTS) is 1. The van der Waals surface area contributed by atoms with Gasteiger partial charge in [0.2, 0.25) is 0 Å². The van der Waals surface area contributed by atoms with E-state index in [-0.39, 0.29) is 6.54 Å². The molecule has 168 valence electrons. The molecular weight excluding hydrogens is 432 g/mol. The van der Waals surface area contributed by atoms with E-state index in [2.05, 4.69) is 4.98 Å². The van der Waals surface area contributed by atoms with Gasteiger partial charge in [-0.3, -0.25) is 9.20 Å². The number of carbonyl (C=O) groups excluding carboxylic acids is 1. The Bertz CT molecular complexity index is 1190. The fraction of sp³-hybridized carbons (Fsp3) is 0.391. The highest BCUT2D eigenvalue weighted by Crippen LogP contribution is 2.35. The fourth-order valence-electron chi connectivity index (χ4n) is 4.02. The number of aromatic nitrogens is 3. The molecule has 0 saturated carbocycles. The molecule has 32 heavy (non-hydrogen) atoms. The summed E-state index contributed by atoms with van der Waals surface area (Å²) in [6.45, 7) is 5.79. The number of carbonyl (C=O) groups is 2. The molecular formula is C23H25ClN4O4. The summed E-state index contributed by atoms with van der Waals surface area (Å²) >= 11 is 6.15. The van der Waals surface area contributed by atoms with Crippen molar-refractivity contribution in [3.63, 3.8) is 0 Å². The molecule has 1 saturated heterocycles. The SMILES string of the molecule is CC(C)(C)OC(=O)N1CCCC(C(=O)O)(c2cccc(-c3cnc4ccc(Cl)cn34)n2)C1. The van der Waals surface area contributed by atoms with Crippen LogP contribution in [0, 0.1) is 0 Å². The second-order valence-corrected chi connectivity index (χ2v) is 9.46. The van der Waals surface area contributed by atoms with Gasteiger partial charge in [-0.15, -0.1) is 0 Å². The van der Waals surface area contributed by atoms with Crippen molar-refractivity contribution in [2.24, 2.45) is 0 Å². The number of aliphatic carboxylic acids is 1. The Labute approximate surface area is 190 Å². The summed E-state index contributed by atoms with van der Waals surface area (Å²) in [5.74, 6) is -1.02. The largest absolute Gasteiger partial charge is 0.480 e. The summed E-state index contributed by atoms with van der Waals surface area (Å²) in [5.41, 5.74) is 0.384. The van der Waals surface area contributed by atoms with Gasteiger partial charge in [-0.05, 0) is 57.9 Å². The minimum Gasteiger partial charge on any atom is -0.480 e. The Morgan fingerprint density at radius 3 is 2.72 bits per heavy atom. The predicted octanol–water partition coefficient (Wildman–Crippen LogP) is 4.40. The van der Waals surface area contributed by atoms with Crippen molar-refractivity contribution in [3.8, 4) is 11.4 Å². The van der Waals surface area contributed by atoms with Crippen LogP contribution in [0.25, 0.3) is 17.0 Å². The standard InChI is InChI=1S/C23H25ClN4O4/c1-22(2,3)32-21(31)27-11-5-10-23(14-27,20(29)30)18-7-4-6-16(26-18)17-12-25-19-9-8-15(24)13-28(17)19/h4,6-9,12-13H,5,10-11,14H2,1-3H3,(H,29,30). The summed E-state index contributed by atoms with van der Waals surface area (Å²) in [7, 11) is 0. The third-order valence-electron chi connectivity index (χ3n) is 5.52. The second kappa shape index (κ2) is 8.09. The van der Waals surface area contributed by atoms with Crippen molar-refractivity contribution in [2.45, 2.75) is 44.6 Å². The van der Waals surface area contributed by atoms with Crippen LogP contribution in [0.1, 0.15) is 39.3 Å².